The maximum Gasteiger partial charge on any atom is 0.0205 e. The van der Waals surface area contributed by atoms with Gasteiger partial charge in [-0.25, -0.2) is 0 Å². The first-order valence-corrected chi connectivity index (χ1v) is 6.34. The molecular weight excluding hydrogens is 250 g/mol. The molecule has 0 fully saturated rings. The molecule has 0 saturated carbocycles. The van der Waals surface area contributed by atoms with Crippen molar-refractivity contribution in [2.75, 3.05) is 6.54 Å². The van der Waals surface area contributed by atoms with Crippen LogP contribution in [-0.2, 0) is 6.54 Å². The standard InChI is InChI=1S/C13H20BrN/c1-10(2)11(3)8-15-9-12-4-6-13(14)7-5-12/h4-7,10-11,15H,8-9H2,1-3H3. The Morgan fingerprint density at radius 1 is 1.13 bits per heavy atom. The lowest BCUT2D eigenvalue weighted by Gasteiger charge is -2.16. The van der Waals surface area contributed by atoms with Gasteiger partial charge >= 0.3 is 0 Å². The summed E-state index contributed by atoms with van der Waals surface area (Å²) in [6.45, 7) is 8.88. The van der Waals surface area contributed by atoms with Gasteiger partial charge in [0, 0.05) is 11.0 Å². The van der Waals surface area contributed by atoms with Crippen LogP contribution in [0.3, 0.4) is 0 Å². The van der Waals surface area contributed by atoms with Gasteiger partial charge in [0.05, 0.1) is 0 Å². The lowest BCUT2D eigenvalue weighted by Crippen LogP contribution is -2.23. The first kappa shape index (κ1) is 12.7. The van der Waals surface area contributed by atoms with Crippen molar-refractivity contribution in [1.82, 2.24) is 5.32 Å². The molecule has 1 N–H and O–H groups in total. The Kier molecular flexibility index (Phi) is 5.34. The molecule has 0 aliphatic carbocycles. The molecule has 1 nitrogen and oxygen atoms in total. The molecule has 0 saturated heterocycles. The monoisotopic (exact) mass is 269 g/mol. The maximum atomic E-state index is 3.49. The lowest BCUT2D eigenvalue weighted by molar-refractivity contribution is 0.392. The van der Waals surface area contributed by atoms with Crippen LogP contribution in [-0.4, -0.2) is 6.54 Å². The van der Waals surface area contributed by atoms with Gasteiger partial charge in [-0.05, 0) is 36.1 Å². The molecule has 0 aliphatic heterocycles. The number of nitrogens with one attached hydrogen (secondary N) is 1. The fourth-order valence-electron chi connectivity index (χ4n) is 1.28. The van der Waals surface area contributed by atoms with Crippen molar-refractivity contribution in [3.05, 3.63) is 34.3 Å². The normalized spacial score (nSPS) is 13.1. The van der Waals surface area contributed by atoms with E-state index in [0.717, 1.165) is 29.4 Å². The van der Waals surface area contributed by atoms with Crippen LogP contribution in [0.2, 0.25) is 0 Å². The molecular formula is C13H20BrN. The third-order valence-electron chi connectivity index (χ3n) is 2.85. The Balaban J connectivity index is 2.29. The second-order valence-electron chi connectivity index (χ2n) is 4.48. The van der Waals surface area contributed by atoms with Gasteiger partial charge in [0.25, 0.3) is 0 Å². The predicted molar refractivity (Wildman–Crippen MR) is 69.9 cm³/mol. The molecule has 84 valence electrons. The van der Waals surface area contributed by atoms with E-state index in [1.54, 1.807) is 0 Å². The summed E-state index contributed by atoms with van der Waals surface area (Å²) in [7, 11) is 0. The zero-order valence-electron chi connectivity index (χ0n) is 9.76. The zero-order valence-corrected chi connectivity index (χ0v) is 11.3. The highest BCUT2D eigenvalue weighted by Gasteiger charge is 2.05. The Morgan fingerprint density at radius 2 is 1.73 bits per heavy atom. The van der Waals surface area contributed by atoms with Gasteiger partial charge in [-0.2, -0.15) is 0 Å². The zero-order chi connectivity index (χ0) is 11.3. The van der Waals surface area contributed by atoms with Crippen molar-refractivity contribution in [3.63, 3.8) is 0 Å². The third-order valence-corrected chi connectivity index (χ3v) is 3.38. The second kappa shape index (κ2) is 6.29. The Bertz CT molecular complexity index is 279. The summed E-state index contributed by atoms with van der Waals surface area (Å²) in [5.74, 6) is 1.49. The first-order chi connectivity index (χ1) is 7.09. The minimum atomic E-state index is 0.737. The quantitative estimate of drug-likeness (QED) is 0.857. The summed E-state index contributed by atoms with van der Waals surface area (Å²) in [6, 6.07) is 8.47. The predicted octanol–water partition coefficient (Wildman–Crippen LogP) is 3.83. The van der Waals surface area contributed by atoms with E-state index in [1.165, 1.54) is 5.56 Å². The summed E-state index contributed by atoms with van der Waals surface area (Å²) >= 11 is 3.44. The maximum absolute atomic E-state index is 3.49. The molecule has 0 amide bonds. The Morgan fingerprint density at radius 3 is 2.27 bits per heavy atom. The SMILES string of the molecule is CC(C)C(C)CNCc1ccc(Br)cc1. The third kappa shape index (κ3) is 4.80. The number of hydrogen-bond acceptors (Lipinski definition) is 1. The van der Waals surface area contributed by atoms with Crippen LogP contribution in [0.1, 0.15) is 26.3 Å². The Hall–Kier alpha value is -0.340. The van der Waals surface area contributed by atoms with E-state index >= 15 is 0 Å². The molecule has 2 heteroatoms. The van der Waals surface area contributed by atoms with E-state index in [1.807, 2.05) is 0 Å². The summed E-state index contributed by atoms with van der Waals surface area (Å²) in [5, 5.41) is 3.49. The van der Waals surface area contributed by atoms with Gasteiger partial charge in [0.1, 0.15) is 0 Å². The van der Waals surface area contributed by atoms with Crippen LogP contribution in [0, 0.1) is 11.8 Å². The van der Waals surface area contributed by atoms with Crippen molar-refractivity contribution in [2.45, 2.75) is 27.3 Å². The number of halogens is 1. The second-order valence-corrected chi connectivity index (χ2v) is 5.39. The van der Waals surface area contributed by atoms with Crippen molar-refractivity contribution >= 4 is 15.9 Å². The highest BCUT2D eigenvalue weighted by molar-refractivity contribution is 9.10. The van der Waals surface area contributed by atoms with Gasteiger partial charge in [-0.3, -0.25) is 0 Å². The van der Waals surface area contributed by atoms with Gasteiger partial charge in [0.15, 0.2) is 0 Å². The van der Waals surface area contributed by atoms with Crippen molar-refractivity contribution in [2.24, 2.45) is 11.8 Å². The van der Waals surface area contributed by atoms with Crippen molar-refractivity contribution in [1.29, 1.82) is 0 Å². The average molecular weight is 270 g/mol. The highest BCUT2D eigenvalue weighted by atomic mass is 79.9. The van der Waals surface area contributed by atoms with Crippen LogP contribution in [0.25, 0.3) is 0 Å². The summed E-state index contributed by atoms with van der Waals surface area (Å²) in [4.78, 5) is 0. The average Bonchev–Trinajstić information content (AvgIpc) is 2.20. The molecule has 1 atom stereocenters. The molecule has 1 aromatic carbocycles. The molecule has 1 rings (SSSR count). The topological polar surface area (TPSA) is 12.0 Å². The number of rotatable bonds is 5. The van der Waals surface area contributed by atoms with E-state index in [4.69, 9.17) is 0 Å². The molecule has 15 heavy (non-hydrogen) atoms. The molecule has 0 bridgehead atoms. The number of benzene rings is 1. The van der Waals surface area contributed by atoms with Gasteiger partial charge < -0.3 is 5.32 Å². The van der Waals surface area contributed by atoms with E-state index in [9.17, 15) is 0 Å². The minimum absolute atomic E-state index is 0.737. The smallest absolute Gasteiger partial charge is 0.0205 e. The molecule has 0 spiro atoms. The van der Waals surface area contributed by atoms with E-state index < -0.39 is 0 Å². The van der Waals surface area contributed by atoms with Crippen LogP contribution < -0.4 is 5.32 Å². The van der Waals surface area contributed by atoms with E-state index in [-0.39, 0.29) is 0 Å². The van der Waals surface area contributed by atoms with Crippen LogP contribution in [0.15, 0.2) is 28.7 Å². The van der Waals surface area contributed by atoms with Crippen LogP contribution >= 0.6 is 15.9 Å². The van der Waals surface area contributed by atoms with Gasteiger partial charge in [-0.15, -0.1) is 0 Å². The van der Waals surface area contributed by atoms with Crippen molar-refractivity contribution < 1.29 is 0 Å². The highest BCUT2D eigenvalue weighted by Crippen LogP contribution is 2.11. The minimum Gasteiger partial charge on any atom is -0.312 e. The summed E-state index contributed by atoms with van der Waals surface area (Å²) < 4.78 is 1.14. The van der Waals surface area contributed by atoms with E-state index in [0.29, 0.717) is 0 Å². The largest absolute Gasteiger partial charge is 0.312 e. The van der Waals surface area contributed by atoms with Crippen LogP contribution in [0.4, 0.5) is 0 Å². The fourth-order valence-corrected chi connectivity index (χ4v) is 1.55. The van der Waals surface area contributed by atoms with Crippen LogP contribution in [0.5, 0.6) is 0 Å². The molecule has 0 radical (unpaired) electrons. The fraction of sp³-hybridized carbons (Fsp3) is 0.538. The number of hydrogen-bond donors (Lipinski definition) is 1. The Labute approximate surface area is 101 Å². The van der Waals surface area contributed by atoms with Gasteiger partial charge in [0.2, 0.25) is 0 Å². The molecule has 1 aromatic rings. The molecule has 0 aromatic heterocycles. The lowest BCUT2D eigenvalue weighted by atomic mass is 9.98. The summed E-state index contributed by atoms with van der Waals surface area (Å²) in [6.07, 6.45) is 0. The van der Waals surface area contributed by atoms with Crippen molar-refractivity contribution in [3.8, 4) is 0 Å². The first-order valence-electron chi connectivity index (χ1n) is 5.54. The molecule has 1 unspecified atom stereocenters. The van der Waals surface area contributed by atoms with E-state index in [2.05, 4.69) is 66.3 Å². The van der Waals surface area contributed by atoms with Gasteiger partial charge in [-0.1, -0.05) is 48.8 Å². The molecule has 0 aliphatic rings. The summed E-state index contributed by atoms with van der Waals surface area (Å²) in [5.41, 5.74) is 1.34. The molecule has 0 heterocycles.